The van der Waals surface area contributed by atoms with E-state index in [1.54, 1.807) is 0 Å². The van der Waals surface area contributed by atoms with Gasteiger partial charge in [0.25, 0.3) is 10.0 Å². The van der Waals surface area contributed by atoms with Crippen LogP contribution in [0.4, 0.5) is 5.69 Å². The molecule has 0 aromatic heterocycles. The van der Waals surface area contributed by atoms with Crippen molar-refractivity contribution in [2.75, 3.05) is 11.9 Å². The molecule has 3 N–H and O–H groups in total. The zero-order valence-corrected chi connectivity index (χ0v) is 19.8. The lowest BCUT2D eigenvalue weighted by molar-refractivity contribution is -0.137. The van der Waals surface area contributed by atoms with E-state index in [-0.39, 0.29) is 10.9 Å². The van der Waals surface area contributed by atoms with Crippen molar-refractivity contribution in [1.29, 1.82) is 0 Å². The van der Waals surface area contributed by atoms with Crippen molar-refractivity contribution >= 4 is 33.4 Å². The zero-order chi connectivity index (χ0) is 24.0. The summed E-state index contributed by atoms with van der Waals surface area (Å²) in [5.74, 6) is -0.715. The molecule has 1 unspecified atom stereocenters. The van der Waals surface area contributed by atoms with Gasteiger partial charge in [-0.05, 0) is 61.4 Å². The molecule has 8 nitrogen and oxygen atoms in total. The molecule has 34 heavy (non-hydrogen) atoms. The quantitative estimate of drug-likeness (QED) is 0.546. The largest absolute Gasteiger partial charge is 0.341 e. The second-order valence-corrected chi connectivity index (χ2v) is 10.5. The van der Waals surface area contributed by atoms with E-state index in [0.717, 1.165) is 44.1 Å². The number of anilines is 1. The maximum absolute atomic E-state index is 12.7. The van der Waals surface area contributed by atoms with Gasteiger partial charge in [0.05, 0.1) is 10.9 Å². The van der Waals surface area contributed by atoms with Crippen LogP contribution in [0.15, 0.2) is 64.5 Å². The Morgan fingerprint density at radius 1 is 0.882 bits per heavy atom. The highest BCUT2D eigenvalue weighted by atomic mass is 32.2. The number of nitrogens with zero attached hydrogens (tertiary/aromatic N) is 1. The molecule has 180 valence electrons. The highest BCUT2D eigenvalue weighted by molar-refractivity contribution is 7.90. The SMILES string of the molecule is O=C(Nc1ccc(S(=O)(=O)NC2=NCCCCC2)cc1)C(=O)NC(c1ccccc1)C1CCC1. The van der Waals surface area contributed by atoms with Gasteiger partial charge in [-0.15, -0.1) is 0 Å². The van der Waals surface area contributed by atoms with Crippen LogP contribution >= 0.6 is 0 Å². The van der Waals surface area contributed by atoms with E-state index >= 15 is 0 Å². The molecule has 1 fully saturated rings. The number of hydrogen-bond acceptors (Lipinski definition) is 5. The summed E-state index contributed by atoms with van der Waals surface area (Å²) in [6.45, 7) is 0.622. The standard InChI is InChI=1S/C25H30N4O4S/c30-24(25(31)28-23(19-10-7-11-19)18-8-3-1-4-9-18)27-20-13-15-21(16-14-20)34(32,33)29-22-12-5-2-6-17-26-22/h1,3-4,8-9,13-16,19,23H,2,5-7,10-12,17H2,(H,26,29)(H,27,30)(H,28,31). The minimum Gasteiger partial charge on any atom is -0.341 e. The number of nitrogens with one attached hydrogen (secondary N) is 3. The highest BCUT2D eigenvalue weighted by Gasteiger charge is 2.31. The van der Waals surface area contributed by atoms with Crippen molar-refractivity contribution in [2.45, 2.75) is 55.9 Å². The topological polar surface area (TPSA) is 117 Å². The van der Waals surface area contributed by atoms with E-state index in [4.69, 9.17) is 0 Å². The van der Waals surface area contributed by atoms with Gasteiger partial charge in [0.15, 0.2) is 0 Å². The Balaban J connectivity index is 1.37. The van der Waals surface area contributed by atoms with Crippen molar-refractivity contribution < 1.29 is 18.0 Å². The van der Waals surface area contributed by atoms with Crippen molar-refractivity contribution in [1.82, 2.24) is 10.0 Å². The Hall–Kier alpha value is -3.20. The molecule has 1 aliphatic heterocycles. The Bertz CT molecular complexity index is 1140. The van der Waals surface area contributed by atoms with Crippen LogP contribution in [-0.2, 0) is 19.6 Å². The third kappa shape index (κ3) is 6.02. The lowest BCUT2D eigenvalue weighted by atomic mass is 9.77. The third-order valence-electron chi connectivity index (χ3n) is 6.32. The van der Waals surface area contributed by atoms with Gasteiger partial charge in [-0.2, -0.15) is 0 Å². The predicted molar refractivity (Wildman–Crippen MR) is 131 cm³/mol. The number of rotatable bonds is 6. The van der Waals surface area contributed by atoms with E-state index in [1.165, 1.54) is 24.3 Å². The molecule has 0 radical (unpaired) electrons. The zero-order valence-electron chi connectivity index (χ0n) is 19.0. The maximum atomic E-state index is 12.7. The van der Waals surface area contributed by atoms with E-state index in [2.05, 4.69) is 20.3 Å². The Kier molecular flexibility index (Phi) is 7.62. The molecule has 1 atom stereocenters. The number of amidine groups is 1. The van der Waals surface area contributed by atoms with Crippen LogP contribution in [0.2, 0.25) is 0 Å². The summed E-state index contributed by atoms with van der Waals surface area (Å²) >= 11 is 0. The van der Waals surface area contributed by atoms with E-state index in [0.29, 0.717) is 30.4 Å². The minimum absolute atomic E-state index is 0.0658. The van der Waals surface area contributed by atoms with Gasteiger partial charge < -0.3 is 10.6 Å². The highest BCUT2D eigenvalue weighted by Crippen LogP contribution is 2.37. The van der Waals surface area contributed by atoms with Crippen LogP contribution in [0.5, 0.6) is 0 Å². The average Bonchev–Trinajstić information content (AvgIpc) is 3.06. The molecule has 0 spiro atoms. The Morgan fingerprint density at radius 3 is 2.29 bits per heavy atom. The van der Waals surface area contributed by atoms with Gasteiger partial charge in [-0.25, -0.2) is 8.42 Å². The first-order chi connectivity index (χ1) is 16.4. The van der Waals surface area contributed by atoms with Crippen molar-refractivity contribution in [3.05, 3.63) is 60.2 Å². The monoisotopic (exact) mass is 482 g/mol. The van der Waals surface area contributed by atoms with Gasteiger partial charge in [0.2, 0.25) is 0 Å². The fraction of sp³-hybridized carbons (Fsp3) is 0.400. The lowest BCUT2D eigenvalue weighted by Gasteiger charge is -2.34. The average molecular weight is 483 g/mol. The number of aliphatic imine (C=N–C) groups is 1. The number of benzene rings is 2. The number of carbonyl (C=O) groups is 2. The molecule has 9 heteroatoms. The van der Waals surface area contributed by atoms with Gasteiger partial charge in [-0.1, -0.05) is 43.2 Å². The van der Waals surface area contributed by atoms with Crippen LogP contribution in [0.1, 0.15) is 56.6 Å². The van der Waals surface area contributed by atoms with Gasteiger partial charge in [0, 0.05) is 18.7 Å². The van der Waals surface area contributed by atoms with Crippen LogP contribution < -0.4 is 15.4 Å². The van der Waals surface area contributed by atoms with E-state index < -0.39 is 21.8 Å². The first-order valence-electron chi connectivity index (χ1n) is 11.8. The van der Waals surface area contributed by atoms with E-state index in [9.17, 15) is 18.0 Å². The molecule has 0 saturated heterocycles. The second kappa shape index (κ2) is 10.8. The third-order valence-corrected chi connectivity index (χ3v) is 7.72. The number of sulfonamides is 1. The molecule has 2 aromatic carbocycles. The summed E-state index contributed by atoms with van der Waals surface area (Å²) in [6.07, 6.45) is 6.64. The fourth-order valence-corrected chi connectivity index (χ4v) is 5.28. The molecular formula is C25H30N4O4S. The van der Waals surface area contributed by atoms with Crippen LogP contribution in [-0.4, -0.2) is 32.6 Å². The molecule has 1 heterocycles. The summed E-state index contributed by atoms with van der Waals surface area (Å²) in [4.78, 5) is 29.5. The number of hydrogen-bond donors (Lipinski definition) is 3. The summed E-state index contributed by atoms with van der Waals surface area (Å²) in [6, 6.07) is 15.2. The van der Waals surface area contributed by atoms with Gasteiger partial charge in [0.1, 0.15) is 5.84 Å². The first-order valence-corrected chi connectivity index (χ1v) is 13.2. The predicted octanol–water partition coefficient (Wildman–Crippen LogP) is 3.53. The number of carbonyl (C=O) groups excluding carboxylic acids is 2. The summed E-state index contributed by atoms with van der Waals surface area (Å²) in [7, 11) is -3.76. The first kappa shape index (κ1) is 23.9. The molecule has 1 aliphatic carbocycles. The fourth-order valence-electron chi connectivity index (χ4n) is 4.19. The van der Waals surface area contributed by atoms with Crippen LogP contribution in [0, 0.1) is 5.92 Å². The molecular weight excluding hydrogens is 452 g/mol. The Labute approximate surface area is 200 Å². The molecule has 2 aliphatic rings. The second-order valence-electron chi connectivity index (χ2n) is 8.78. The molecule has 2 amide bonds. The molecule has 4 rings (SSSR count). The lowest BCUT2D eigenvalue weighted by Crippen LogP contribution is -2.41. The smallest absolute Gasteiger partial charge is 0.313 e. The summed E-state index contributed by atoms with van der Waals surface area (Å²) in [5, 5.41) is 5.42. The normalized spacial score (nSPS) is 17.5. The Morgan fingerprint density at radius 2 is 1.62 bits per heavy atom. The van der Waals surface area contributed by atoms with E-state index in [1.807, 2.05) is 30.3 Å². The number of amides is 2. The van der Waals surface area contributed by atoms with Crippen molar-refractivity contribution in [3.63, 3.8) is 0 Å². The summed E-state index contributed by atoms with van der Waals surface area (Å²) < 4.78 is 27.9. The van der Waals surface area contributed by atoms with Crippen molar-refractivity contribution in [3.8, 4) is 0 Å². The van der Waals surface area contributed by atoms with Crippen LogP contribution in [0.25, 0.3) is 0 Å². The summed E-state index contributed by atoms with van der Waals surface area (Å²) in [5.41, 5.74) is 1.32. The van der Waals surface area contributed by atoms with Gasteiger partial charge >= 0.3 is 11.8 Å². The molecule has 1 saturated carbocycles. The van der Waals surface area contributed by atoms with Crippen molar-refractivity contribution in [2.24, 2.45) is 10.9 Å². The van der Waals surface area contributed by atoms with Gasteiger partial charge in [-0.3, -0.25) is 19.3 Å². The minimum atomic E-state index is -3.76. The van der Waals surface area contributed by atoms with Crippen LogP contribution in [0.3, 0.4) is 0 Å². The molecule has 2 aromatic rings. The maximum Gasteiger partial charge on any atom is 0.313 e. The molecule has 0 bridgehead atoms.